The highest BCUT2D eigenvalue weighted by Gasteiger charge is 2.35. The average Bonchev–Trinajstić information content (AvgIpc) is 2.61. The molecule has 26 heavy (non-hydrogen) atoms. The molecular weight excluding hydrogens is 376 g/mol. The Morgan fingerprint density at radius 1 is 1.19 bits per heavy atom. The quantitative estimate of drug-likeness (QED) is 0.726. The molecule has 7 heteroatoms. The summed E-state index contributed by atoms with van der Waals surface area (Å²) in [5.41, 5.74) is 6.56. The fourth-order valence-corrected chi connectivity index (χ4v) is 3.37. The normalized spacial score (nSPS) is 15.7. The lowest BCUT2D eigenvalue weighted by Crippen LogP contribution is -2.51. The van der Waals surface area contributed by atoms with Crippen molar-refractivity contribution in [2.24, 2.45) is 11.1 Å². The highest BCUT2D eigenvalue weighted by Crippen LogP contribution is 2.26. The van der Waals surface area contributed by atoms with Crippen LogP contribution in [0.25, 0.3) is 0 Å². The molecular formula is C19H32Cl2FN3O. The lowest BCUT2D eigenvalue weighted by Gasteiger charge is -2.35. The topological polar surface area (TPSA) is 58.4 Å². The number of nitrogens with two attached hydrogens (primary N) is 1. The number of amides is 1. The van der Waals surface area contributed by atoms with Gasteiger partial charge in [0.25, 0.3) is 0 Å². The minimum atomic E-state index is -0.425. The number of nitrogens with one attached hydrogen (secondary N) is 1. The first-order chi connectivity index (χ1) is 11.5. The van der Waals surface area contributed by atoms with Gasteiger partial charge in [0, 0.05) is 32.2 Å². The molecule has 0 spiro atoms. The van der Waals surface area contributed by atoms with Crippen molar-refractivity contribution >= 4 is 30.7 Å². The Morgan fingerprint density at radius 3 is 2.19 bits per heavy atom. The van der Waals surface area contributed by atoms with Crippen LogP contribution >= 0.6 is 24.8 Å². The van der Waals surface area contributed by atoms with Crippen molar-refractivity contribution in [1.29, 1.82) is 0 Å². The van der Waals surface area contributed by atoms with Gasteiger partial charge in [-0.2, -0.15) is 0 Å². The molecule has 1 aromatic rings. The molecule has 1 aromatic carbocycles. The van der Waals surface area contributed by atoms with Gasteiger partial charge >= 0.3 is 0 Å². The monoisotopic (exact) mass is 407 g/mol. The van der Waals surface area contributed by atoms with E-state index in [1.807, 2.05) is 26.0 Å². The average molecular weight is 408 g/mol. The zero-order chi connectivity index (χ0) is 17.6. The van der Waals surface area contributed by atoms with Gasteiger partial charge in [-0.3, -0.25) is 9.69 Å². The van der Waals surface area contributed by atoms with Gasteiger partial charge in [0.2, 0.25) is 5.91 Å². The third-order valence-corrected chi connectivity index (χ3v) is 5.47. The molecule has 1 aliphatic rings. The Kier molecular flexibility index (Phi) is 11.4. The minimum Gasteiger partial charge on any atom is -0.353 e. The Labute approximate surface area is 168 Å². The van der Waals surface area contributed by atoms with E-state index in [9.17, 15) is 9.18 Å². The third kappa shape index (κ3) is 6.38. The molecule has 1 fully saturated rings. The van der Waals surface area contributed by atoms with Gasteiger partial charge in [0.15, 0.2) is 0 Å². The van der Waals surface area contributed by atoms with Gasteiger partial charge in [-0.15, -0.1) is 24.8 Å². The number of benzene rings is 1. The summed E-state index contributed by atoms with van der Waals surface area (Å²) in [6.45, 7) is 7.17. The molecule has 0 aromatic heterocycles. The van der Waals surface area contributed by atoms with Crippen LogP contribution in [0.15, 0.2) is 24.3 Å². The van der Waals surface area contributed by atoms with Crippen LogP contribution in [0.5, 0.6) is 0 Å². The summed E-state index contributed by atoms with van der Waals surface area (Å²) in [6.07, 6.45) is 3.44. The number of piperidine rings is 1. The van der Waals surface area contributed by atoms with Crippen LogP contribution in [0.2, 0.25) is 0 Å². The Balaban J connectivity index is 0.00000312. The number of hydrogen-bond donors (Lipinski definition) is 2. The summed E-state index contributed by atoms with van der Waals surface area (Å²) >= 11 is 0. The van der Waals surface area contributed by atoms with E-state index in [0.717, 1.165) is 50.9 Å². The van der Waals surface area contributed by atoms with E-state index >= 15 is 0 Å². The predicted molar refractivity (Wildman–Crippen MR) is 109 cm³/mol. The van der Waals surface area contributed by atoms with E-state index in [1.54, 1.807) is 0 Å². The van der Waals surface area contributed by atoms with E-state index in [1.165, 1.54) is 12.1 Å². The summed E-state index contributed by atoms with van der Waals surface area (Å²) in [5, 5.41) is 3.21. The Bertz CT molecular complexity index is 522. The van der Waals surface area contributed by atoms with Crippen LogP contribution in [0.1, 0.15) is 45.1 Å². The van der Waals surface area contributed by atoms with E-state index in [0.29, 0.717) is 6.54 Å². The van der Waals surface area contributed by atoms with Gasteiger partial charge in [-0.05, 0) is 43.4 Å². The smallest absolute Gasteiger partial charge is 0.227 e. The van der Waals surface area contributed by atoms with Crippen LogP contribution in [0.3, 0.4) is 0 Å². The molecule has 1 heterocycles. The number of rotatable bonds is 7. The number of nitrogens with zero attached hydrogens (tertiary/aromatic N) is 1. The van der Waals surface area contributed by atoms with Crippen molar-refractivity contribution in [2.45, 2.75) is 52.1 Å². The largest absolute Gasteiger partial charge is 0.353 e. The first kappa shape index (κ1) is 25.1. The van der Waals surface area contributed by atoms with Crippen LogP contribution in [-0.2, 0) is 11.3 Å². The SMILES string of the molecule is CCC(CC)(CN)C(=O)NC1CCN(Cc2ccc(F)cc2)CC1.Cl.Cl. The fraction of sp³-hybridized carbons (Fsp3) is 0.632. The number of carbonyl (C=O) groups is 1. The van der Waals surface area contributed by atoms with Crippen LogP contribution in [-0.4, -0.2) is 36.5 Å². The van der Waals surface area contributed by atoms with Crippen molar-refractivity contribution in [1.82, 2.24) is 10.2 Å². The summed E-state index contributed by atoms with van der Waals surface area (Å²) in [5.74, 6) is -0.0950. The highest BCUT2D eigenvalue weighted by molar-refractivity contribution is 5.85. The van der Waals surface area contributed by atoms with Gasteiger partial charge in [0.05, 0.1) is 5.41 Å². The summed E-state index contributed by atoms with van der Waals surface area (Å²) in [7, 11) is 0. The van der Waals surface area contributed by atoms with Crippen molar-refractivity contribution in [3.63, 3.8) is 0 Å². The maximum atomic E-state index is 13.0. The van der Waals surface area contributed by atoms with Gasteiger partial charge in [-0.25, -0.2) is 4.39 Å². The standard InChI is InChI=1S/C19H30FN3O.2ClH/c1-3-19(4-2,14-21)18(24)22-17-9-11-23(12-10-17)13-15-5-7-16(20)8-6-15;;/h5-8,17H,3-4,9-14,21H2,1-2H3,(H,22,24);2*1H. The molecule has 150 valence electrons. The third-order valence-electron chi connectivity index (χ3n) is 5.47. The molecule has 3 N–H and O–H groups in total. The first-order valence-corrected chi connectivity index (χ1v) is 9.01. The second-order valence-corrected chi connectivity index (χ2v) is 6.84. The Morgan fingerprint density at radius 2 is 1.73 bits per heavy atom. The predicted octanol–water partition coefficient (Wildman–Crippen LogP) is 3.52. The molecule has 0 unspecified atom stereocenters. The van der Waals surface area contributed by atoms with E-state index < -0.39 is 5.41 Å². The number of likely N-dealkylation sites (tertiary alicyclic amines) is 1. The molecule has 1 amide bonds. The van der Waals surface area contributed by atoms with Gasteiger partial charge < -0.3 is 11.1 Å². The summed E-state index contributed by atoms with van der Waals surface area (Å²) < 4.78 is 13.0. The van der Waals surface area contributed by atoms with Gasteiger partial charge in [0.1, 0.15) is 5.82 Å². The summed E-state index contributed by atoms with van der Waals surface area (Å²) in [6, 6.07) is 6.91. The van der Waals surface area contributed by atoms with E-state index in [-0.39, 0.29) is 42.6 Å². The number of hydrogen-bond acceptors (Lipinski definition) is 3. The molecule has 2 rings (SSSR count). The molecule has 0 aliphatic carbocycles. The van der Waals surface area contributed by atoms with Gasteiger partial charge in [-0.1, -0.05) is 26.0 Å². The molecule has 0 bridgehead atoms. The van der Waals surface area contributed by atoms with Crippen molar-refractivity contribution in [3.8, 4) is 0 Å². The minimum absolute atomic E-state index is 0. The van der Waals surface area contributed by atoms with Crippen LogP contribution in [0, 0.1) is 11.2 Å². The number of carbonyl (C=O) groups excluding carboxylic acids is 1. The lowest BCUT2D eigenvalue weighted by molar-refractivity contribution is -0.132. The molecule has 0 atom stereocenters. The summed E-state index contributed by atoms with van der Waals surface area (Å²) in [4.78, 5) is 14.9. The zero-order valence-electron chi connectivity index (χ0n) is 15.7. The second-order valence-electron chi connectivity index (χ2n) is 6.84. The Hall–Kier alpha value is -0.880. The maximum absolute atomic E-state index is 13.0. The van der Waals surface area contributed by atoms with Crippen molar-refractivity contribution in [3.05, 3.63) is 35.6 Å². The van der Waals surface area contributed by atoms with Crippen LogP contribution < -0.4 is 11.1 Å². The molecule has 0 radical (unpaired) electrons. The highest BCUT2D eigenvalue weighted by atomic mass is 35.5. The van der Waals surface area contributed by atoms with E-state index in [2.05, 4.69) is 10.2 Å². The van der Waals surface area contributed by atoms with Crippen molar-refractivity contribution in [2.75, 3.05) is 19.6 Å². The van der Waals surface area contributed by atoms with Crippen LogP contribution in [0.4, 0.5) is 4.39 Å². The lowest BCUT2D eigenvalue weighted by atomic mass is 9.81. The molecule has 1 saturated heterocycles. The van der Waals surface area contributed by atoms with E-state index in [4.69, 9.17) is 5.73 Å². The zero-order valence-corrected chi connectivity index (χ0v) is 17.3. The molecule has 4 nitrogen and oxygen atoms in total. The fourth-order valence-electron chi connectivity index (χ4n) is 3.37. The van der Waals surface area contributed by atoms with Crippen molar-refractivity contribution < 1.29 is 9.18 Å². The number of halogens is 3. The molecule has 1 aliphatic heterocycles. The second kappa shape index (κ2) is 11.8. The molecule has 0 saturated carbocycles. The maximum Gasteiger partial charge on any atom is 0.227 e. The first-order valence-electron chi connectivity index (χ1n) is 9.01.